The van der Waals surface area contributed by atoms with E-state index in [0.717, 1.165) is 0 Å². The summed E-state index contributed by atoms with van der Waals surface area (Å²) in [5.41, 5.74) is -1.36. The monoisotopic (exact) mass is 249 g/mol. The number of aliphatic carboxylic acids is 1. The highest BCUT2D eigenvalue weighted by atomic mass is 32.2. The molecule has 7 heteroatoms. The highest BCUT2D eigenvalue weighted by Crippen LogP contribution is 2.31. The van der Waals surface area contributed by atoms with Crippen LogP contribution in [0.1, 0.15) is 25.7 Å². The van der Waals surface area contributed by atoms with Gasteiger partial charge in [0.1, 0.15) is 5.54 Å². The molecule has 1 heterocycles. The molecule has 2 aliphatic rings. The molecular weight excluding hydrogens is 234 g/mol. The predicted molar refractivity (Wildman–Crippen MR) is 55.5 cm³/mol. The van der Waals surface area contributed by atoms with Gasteiger partial charge in [0.25, 0.3) is 0 Å². The normalized spacial score (nSPS) is 25.2. The molecule has 2 rings (SSSR count). The SMILES string of the molecule is O=C(O)C1(NS(=O)(=O)C2CC2)CCOCC1. The second-order valence-electron chi connectivity index (χ2n) is 4.35. The van der Waals surface area contributed by atoms with Crippen LogP contribution in [-0.2, 0) is 19.6 Å². The van der Waals surface area contributed by atoms with Gasteiger partial charge in [0.2, 0.25) is 10.0 Å². The molecule has 0 amide bonds. The fraction of sp³-hybridized carbons (Fsp3) is 0.889. The summed E-state index contributed by atoms with van der Waals surface area (Å²) in [7, 11) is -3.48. The molecule has 0 bridgehead atoms. The summed E-state index contributed by atoms with van der Waals surface area (Å²) in [6.07, 6.45) is 1.63. The van der Waals surface area contributed by atoms with Crippen molar-refractivity contribution in [2.24, 2.45) is 0 Å². The minimum absolute atomic E-state index is 0.189. The molecule has 0 atom stereocenters. The first-order chi connectivity index (χ1) is 7.46. The summed E-state index contributed by atoms with van der Waals surface area (Å²) in [6, 6.07) is 0. The van der Waals surface area contributed by atoms with Crippen LogP contribution >= 0.6 is 0 Å². The van der Waals surface area contributed by atoms with Crippen molar-refractivity contribution in [3.8, 4) is 0 Å². The van der Waals surface area contributed by atoms with Crippen LogP contribution in [0.3, 0.4) is 0 Å². The van der Waals surface area contributed by atoms with E-state index in [0.29, 0.717) is 12.8 Å². The molecule has 0 radical (unpaired) electrons. The molecule has 92 valence electrons. The summed E-state index contributed by atoms with van der Waals surface area (Å²) in [5.74, 6) is -1.11. The van der Waals surface area contributed by atoms with Crippen molar-refractivity contribution in [3.05, 3.63) is 0 Å². The fourth-order valence-corrected chi connectivity index (χ4v) is 3.57. The van der Waals surface area contributed by atoms with Gasteiger partial charge in [-0.3, -0.25) is 4.79 Å². The highest BCUT2D eigenvalue weighted by molar-refractivity contribution is 7.90. The number of carboxylic acids is 1. The van der Waals surface area contributed by atoms with Crippen LogP contribution in [-0.4, -0.2) is 43.5 Å². The minimum Gasteiger partial charge on any atom is -0.480 e. The third kappa shape index (κ3) is 2.21. The molecule has 1 saturated carbocycles. The summed E-state index contributed by atoms with van der Waals surface area (Å²) in [4.78, 5) is 11.2. The highest BCUT2D eigenvalue weighted by Gasteiger charge is 2.47. The zero-order valence-electron chi connectivity index (χ0n) is 8.81. The zero-order valence-corrected chi connectivity index (χ0v) is 9.62. The van der Waals surface area contributed by atoms with Gasteiger partial charge in [0.15, 0.2) is 0 Å². The van der Waals surface area contributed by atoms with Crippen molar-refractivity contribution in [1.82, 2.24) is 4.72 Å². The average Bonchev–Trinajstić information content (AvgIpc) is 3.01. The summed E-state index contributed by atoms with van der Waals surface area (Å²) >= 11 is 0. The lowest BCUT2D eigenvalue weighted by molar-refractivity contribution is -0.147. The lowest BCUT2D eigenvalue weighted by atomic mass is 9.92. The van der Waals surface area contributed by atoms with E-state index in [1.807, 2.05) is 0 Å². The molecule has 0 spiro atoms. The van der Waals surface area contributed by atoms with Gasteiger partial charge in [0.05, 0.1) is 5.25 Å². The summed E-state index contributed by atoms with van der Waals surface area (Å²) in [5, 5.41) is 8.78. The summed E-state index contributed by atoms with van der Waals surface area (Å²) < 4.78 is 30.9. The Balaban J connectivity index is 2.16. The van der Waals surface area contributed by atoms with E-state index in [-0.39, 0.29) is 26.1 Å². The third-order valence-electron chi connectivity index (χ3n) is 3.06. The smallest absolute Gasteiger partial charge is 0.325 e. The van der Waals surface area contributed by atoms with Gasteiger partial charge in [-0.05, 0) is 12.8 Å². The first-order valence-corrected chi connectivity index (χ1v) is 6.85. The molecule has 0 aromatic carbocycles. The predicted octanol–water partition coefficient (Wildman–Crippen LogP) is -0.298. The molecule has 0 unspecified atom stereocenters. The van der Waals surface area contributed by atoms with Gasteiger partial charge in [-0.25, -0.2) is 8.42 Å². The fourth-order valence-electron chi connectivity index (χ4n) is 1.81. The Morgan fingerprint density at radius 3 is 2.31 bits per heavy atom. The standard InChI is InChI=1S/C9H15NO5S/c11-8(12)9(3-5-15-6-4-9)10-16(13,14)7-1-2-7/h7,10H,1-6H2,(H,11,12). The number of ether oxygens (including phenoxy) is 1. The second kappa shape index (κ2) is 3.97. The zero-order chi connectivity index (χ0) is 11.8. The minimum atomic E-state index is -3.48. The lowest BCUT2D eigenvalue weighted by Gasteiger charge is -2.33. The van der Waals surface area contributed by atoms with Crippen LogP contribution in [0.25, 0.3) is 0 Å². The number of hydrogen-bond donors (Lipinski definition) is 2. The van der Waals surface area contributed by atoms with Crippen molar-refractivity contribution >= 4 is 16.0 Å². The Bertz CT molecular complexity index is 381. The number of carboxylic acid groups (broad SMARTS) is 1. The largest absolute Gasteiger partial charge is 0.480 e. The maximum atomic E-state index is 11.8. The Kier molecular flexibility index (Phi) is 2.93. The Hall–Kier alpha value is -0.660. The van der Waals surface area contributed by atoms with Crippen molar-refractivity contribution in [3.63, 3.8) is 0 Å². The molecule has 2 fully saturated rings. The van der Waals surface area contributed by atoms with Crippen molar-refractivity contribution in [1.29, 1.82) is 0 Å². The second-order valence-corrected chi connectivity index (χ2v) is 6.31. The summed E-state index contributed by atoms with van der Waals surface area (Å²) in [6.45, 7) is 0.555. The number of nitrogens with one attached hydrogen (secondary N) is 1. The number of rotatable bonds is 4. The van der Waals surface area contributed by atoms with Gasteiger partial charge in [-0.2, -0.15) is 4.72 Å². The van der Waals surface area contributed by atoms with Crippen LogP contribution in [0.2, 0.25) is 0 Å². The van der Waals surface area contributed by atoms with Gasteiger partial charge in [-0.15, -0.1) is 0 Å². The van der Waals surface area contributed by atoms with Crippen molar-refractivity contribution in [2.75, 3.05) is 13.2 Å². The van der Waals surface area contributed by atoms with Crippen molar-refractivity contribution < 1.29 is 23.1 Å². The van der Waals surface area contributed by atoms with Gasteiger partial charge in [-0.1, -0.05) is 0 Å². The van der Waals surface area contributed by atoms with E-state index >= 15 is 0 Å². The molecule has 0 aromatic rings. The van der Waals surface area contributed by atoms with E-state index in [2.05, 4.69) is 4.72 Å². The van der Waals surface area contributed by atoms with Crippen LogP contribution in [0.5, 0.6) is 0 Å². The van der Waals surface area contributed by atoms with E-state index in [1.54, 1.807) is 0 Å². The Morgan fingerprint density at radius 1 is 1.31 bits per heavy atom. The molecule has 0 aromatic heterocycles. The molecule has 16 heavy (non-hydrogen) atoms. The first-order valence-electron chi connectivity index (χ1n) is 5.30. The molecule has 1 saturated heterocycles. The lowest BCUT2D eigenvalue weighted by Crippen LogP contribution is -2.58. The van der Waals surface area contributed by atoms with Crippen LogP contribution < -0.4 is 4.72 Å². The molecule has 1 aliphatic heterocycles. The number of hydrogen-bond acceptors (Lipinski definition) is 4. The van der Waals surface area contributed by atoms with Gasteiger partial charge in [0, 0.05) is 26.1 Å². The quantitative estimate of drug-likeness (QED) is 0.713. The van der Waals surface area contributed by atoms with Crippen LogP contribution in [0.15, 0.2) is 0 Å². The van der Waals surface area contributed by atoms with Gasteiger partial charge >= 0.3 is 5.97 Å². The molecule has 1 aliphatic carbocycles. The number of carbonyl (C=O) groups is 1. The Labute approximate surface area is 94.0 Å². The molecule has 2 N–H and O–H groups in total. The average molecular weight is 249 g/mol. The Morgan fingerprint density at radius 2 is 1.88 bits per heavy atom. The van der Waals surface area contributed by atoms with Gasteiger partial charge < -0.3 is 9.84 Å². The van der Waals surface area contributed by atoms with E-state index in [1.165, 1.54) is 0 Å². The van der Waals surface area contributed by atoms with E-state index in [9.17, 15) is 18.3 Å². The maximum Gasteiger partial charge on any atom is 0.325 e. The van der Waals surface area contributed by atoms with Crippen LogP contribution in [0.4, 0.5) is 0 Å². The van der Waals surface area contributed by atoms with Crippen LogP contribution in [0, 0.1) is 0 Å². The first kappa shape index (κ1) is 11.8. The third-order valence-corrected chi connectivity index (χ3v) is 5.08. The van der Waals surface area contributed by atoms with Crippen molar-refractivity contribution in [2.45, 2.75) is 36.5 Å². The van der Waals surface area contributed by atoms with E-state index < -0.39 is 26.8 Å². The topological polar surface area (TPSA) is 92.7 Å². The van der Waals surface area contributed by atoms with E-state index in [4.69, 9.17) is 4.74 Å². The molecule has 6 nitrogen and oxygen atoms in total. The number of sulfonamides is 1. The maximum absolute atomic E-state index is 11.8. The molecular formula is C9H15NO5S.